The zero-order valence-electron chi connectivity index (χ0n) is 8.61. The molecule has 1 aromatic carbocycles. The Bertz CT molecular complexity index is 290. The molecule has 1 rings (SSSR count). The number of hydrogen-bond acceptors (Lipinski definition) is 1. The van der Waals surface area contributed by atoms with Gasteiger partial charge in [-0.2, -0.15) is 0 Å². The van der Waals surface area contributed by atoms with E-state index in [2.05, 4.69) is 36.6 Å². The maximum absolute atomic E-state index is 5.10. The Morgan fingerprint density at radius 1 is 1.33 bits per heavy atom. The van der Waals surface area contributed by atoms with Gasteiger partial charge in [-0.3, -0.25) is 0 Å². The number of thiol groups is 1. The van der Waals surface area contributed by atoms with Crippen LogP contribution >= 0.6 is 24.8 Å². The molecule has 0 aliphatic carbocycles. The molecule has 1 nitrogen and oxygen atoms in total. The summed E-state index contributed by atoms with van der Waals surface area (Å²) in [5.74, 6) is 0. The molecule has 0 aliphatic heterocycles. The molecule has 0 bridgehead atoms. The van der Waals surface area contributed by atoms with Gasteiger partial charge in [-0.25, -0.2) is 0 Å². The topological polar surface area (TPSA) is 3.24 Å². The summed E-state index contributed by atoms with van der Waals surface area (Å²) in [5.41, 5.74) is 1.13. The standard InChI is InChI=1S/C11H15NS2.Cu/c1-2-3-9-12(11(13)14)10-7-5-4-6-8-10;/h4-8H,2-3,9H2,1H3,(H,13,14);. The van der Waals surface area contributed by atoms with Crippen LogP contribution in [0.15, 0.2) is 30.3 Å². The van der Waals surface area contributed by atoms with E-state index in [0.29, 0.717) is 4.32 Å². The molecule has 0 fully saturated rings. The maximum atomic E-state index is 5.10. The van der Waals surface area contributed by atoms with Crippen LogP contribution in [0.5, 0.6) is 0 Å². The number of anilines is 1. The van der Waals surface area contributed by atoms with Crippen LogP contribution in [0.4, 0.5) is 5.69 Å². The van der Waals surface area contributed by atoms with Crippen molar-refractivity contribution in [3.63, 3.8) is 0 Å². The molecular formula is C11H15CuNS2. The molecule has 0 saturated carbocycles. The van der Waals surface area contributed by atoms with Crippen molar-refractivity contribution in [1.82, 2.24) is 0 Å². The van der Waals surface area contributed by atoms with Crippen molar-refractivity contribution in [2.45, 2.75) is 19.8 Å². The Balaban J connectivity index is 0.00000196. The monoisotopic (exact) mass is 288 g/mol. The molecule has 0 aliphatic rings. The van der Waals surface area contributed by atoms with Crippen molar-refractivity contribution in [1.29, 1.82) is 0 Å². The van der Waals surface area contributed by atoms with Gasteiger partial charge in [0, 0.05) is 29.3 Å². The minimum atomic E-state index is 0. The van der Waals surface area contributed by atoms with E-state index in [1.165, 1.54) is 6.42 Å². The molecule has 15 heavy (non-hydrogen) atoms. The van der Waals surface area contributed by atoms with Crippen LogP contribution in [0, 0.1) is 0 Å². The number of unbranched alkanes of at least 4 members (excludes halogenated alkanes) is 1. The molecule has 0 heterocycles. The Labute approximate surface area is 113 Å². The summed E-state index contributed by atoms with van der Waals surface area (Å²) < 4.78 is 0.643. The molecule has 0 spiro atoms. The third-order valence-corrected chi connectivity index (χ3v) is 2.50. The number of benzene rings is 1. The molecule has 4 heteroatoms. The van der Waals surface area contributed by atoms with Gasteiger partial charge in [-0.1, -0.05) is 43.8 Å². The molecule has 0 amide bonds. The van der Waals surface area contributed by atoms with Gasteiger partial charge in [0.05, 0.1) is 0 Å². The largest absolute Gasteiger partial charge is 0.328 e. The van der Waals surface area contributed by atoms with Crippen LogP contribution in [0.2, 0.25) is 0 Å². The van der Waals surface area contributed by atoms with Crippen molar-refractivity contribution in [2.75, 3.05) is 11.4 Å². The second kappa shape index (κ2) is 8.17. The maximum Gasteiger partial charge on any atom is 0.137 e. The third kappa shape index (κ3) is 5.03. The van der Waals surface area contributed by atoms with Crippen molar-refractivity contribution in [2.24, 2.45) is 0 Å². The quantitative estimate of drug-likeness (QED) is 0.513. The van der Waals surface area contributed by atoms with E-state index < -0.39 is 0 Å². The fourth-order valence-corrected chi connectivity index (χ4v) is 1.67. The molecule has 1 aromatic rings. The van der Waals surface area contributed by atoms with Crippen LogP contribution in [-0.4, -0.2) is 10.9 Å². The fraction of sp³-hybridized carbons (Fsp3) is 0.364. The first kappa shape index (κ1) is 15.0. The SMILES string of the molecule is CCCCN(C(=S)S)c1ccccc1.[Cu]. The summed E-state index contributed by atoms with van der Waals surface area (Å²) in [5, 5.41) is 0. The summed E-state index contributed by atoms with van der Waals surface area (Å²) in [6.45, 7) is 3.12. The predicted octanol–water partition coefficient (Wildman–Crippen LogP) is 3.51. The minimum absolute atomic E-state index is 0. The van der Waals surface area contributed by atoms with E-state index >= 15 is 0 Å². The Morgan fingerprint density at radius 3 is 2.40 bits per heavy atom. The van der Waals surface area contributed by atoms with Crippen LogP contribution in [0.1, 0.15) is 19.8 Å². The normalized spacial score (nSPS) is 9.20. The van der Waals surface area contributed by atoms with Crippen LogP contribution in [0.3, 0.4) is 0 Å². The summed E-state index contributed by atoms with van der Waals surface area (Å²) in [4.78, 5) is 2.06. The van der Waals surface area contributed by atoms with E-state index in [4.69, 9.17) is 12.2 Å². The molecule has 0 atom stereocenters. The summed E-state index contributed by atoms with van der Waals surface area (Å²) in [6, 6.07) is 10.1. The van der Waals surface area contributed by atoms with Crippen molar-refractivity contribution in [3.05, 3.63) is 30.3 Å². The number of hydrogen-bond donors (Lipinski definition) is 1. The number of nitrogens with zero attached hydrogens (tertiary/aromatic N) is 1. The molecular weight excluding hydrogens is 274 g/mol. The third-order valence-electron chi connectivity index (χ3n) is 2.03. The van der Waals surface area contributed by atoms with Gasteiger partial charge in [0.1, 0.15) is 4.32 Å². The number of thiocarbonyl (C=S) groups is 1. The van der Waals surface area contributed by atoms with E-state index in [0.717, 1.165) is 18.7 Å². The minimum Gasteiger partial charge on any atom is -0.328 e. The molecule has 1 radical (unpaired) electrons. The van der Waals surface area contributed by atoms with E-state index in [-0.39, 0.29) is 17.1 Å². The van der Waals surface area contributed by atoms with E-state index in [9.17, 15) is 0 Å². The van der Waals surface area contributed by atoms with Crippen molar-refractivity contribution in [3.8, 4) is 0 Å². The average Bonchev–Trinajstić information content (AvgIpc) is 2.19. The number of para-hydroxylation sites is 1. The van der Waals surface area contributed by atoms with Crippen LogP contribution in [-0.2, 0) is 17.1 Å². The smallest absolute Gasteiger partial charge is 0.137 e. The van der Waals surface area contributed by atoms with E-state index in [1.807, 2.05) is 18.2 Å². The van der Waals surface area contributed by atoms with Crippen LogP contribution < -0.4 is 4.90 Å². The Morgan fingerprint density at radius 2 is 1.93 bits per heavy atom. The fourth-order valence-electron chi connectivity index (χ4n) is 1.26. The molecule has 0 unspecified atom stereocenters. The Kier molecular flexibility index (Phi) is 8.16. The zero-order valence-corrected chi connectivity index (χ0v) is 11.3. The average molecular weight is 289 g/mol. The first-order chi connectivity index (χ1) is 6.75. The van der Waals surface area contributed by atoms with Gasteiger partial charge in [-0.05, 0) is 18.6 Å². The number of rotatable bonds is 4. The summed E-state index contributed by atoms with van der Waals surface area (Å²) in [7, 11) is 0. The van der Waals surface area contributed by atoms with Gasteiger partial charge in [0.15, 0.2) is 0 Å². The summed E-state index contributed by atoms with van der Waals surface area (Å²) in [6.07, 6.45) is 2.30. The van der Waals surface area contributed by atoms with Gasteiger partial charge < -0.3 is 4.90 Å². The first-order valence-corrected chi connectivity index (χ1v) is 5.66. The zero-order chi connectivity index (χ0) is 10.4. The van der Waals surface area contributed by atoms with Crippen LogP contribution in [0.25, 0.3) is 0 Å². The van der Waals surface area contributed by atoms with Crippen molar-refractivity contribution >= 4 is 34.9 Å². The van der Waals surface area contributed by atoms with Gasteiger partial charge >= 0.3 is 0 Å². The van der Waals surface area contributed by atoms with Gasteiger partial charge in [0.2, 0.25) is 0 Å². The summed E-state index contributed by atoms with van der Waals surface area (Å²) >= 11 is 9.34. The van der Waals surface area contributed by atoms with Gasteiger partial charge in [0.25, 0.3) is 0 Å². The van der Waals surface area contributed by atoms with Gasteiger partial charge in [-0.15, -0.1) is 12.6 Å². The second-order valence-corrected chi connectivity index (χ2v) is 4.24. The molecule has 0 saturated heterocycles. The first-order valence-electron chi connectivity index (χ1n) is 4.81. The molecule has 0 aromatic heterocycles. The molecule has 87 valence electrons. The van der Waals surface area contributed by atoms with Crippen molar-refractivity contribution < 1.29 is 17.1 Å². The second-order valence-electron chi connectivity index (χ2n) is 3.12. The Hall–Kier alpha value is -0.0205. The molecule has 0 N–H and O–H groups in total. The predicted molar refractivity (Wildman–Crippen MR) is 70.3 cm³/mol. The van der Waals surface area contributed by atoms with E-state index in [1.54, 1.807) is 0 Å².